The number of halogens is 1. The molecule has 0 aromatic carbocycles. The second-order valence-corrected chi connectivity index (χ2v) is 5.11. The van der Waals surface area contributed by atoms with Crippen LogP contribution in [-0.2, 0) is 13.0 Å². The second-order valence-electron chi connectivity index (χ2n) is 4.37. The lowest BCUT2D eigenvalue weighted by molar-refractivity contribution is 0.0942. The van der Waals surface area contributed by atoms with Crippen molar-refractivity contribution in [3.05, 3.63) is 17.5 Å². The van der Waals surface area contributed by atoms with E-state index in [0.29, 0.717) is 18.8 Å². The van der Waals surface area contributed by atoms with Crippen LogP contribution in [0.4, 0.5) is 0 Å². The van der Waals surface area contributed by atoms with Gasteiger partial charge in [0.25, 0.3) is 5.91 Å². The number of hydrogen-bond acceptors (Lipinski definition) is 2. The van der Waals surface area contributed by atoms with Crippen molar-refractivity contribution in [2.45, 2.75) is 52.0 Å². The van der Waals surface area contributed by atoms with E-state index >= 15 is 0 Å². The van der Waals surface area contributed by atoms with Crippen LogP contribution in [0, 0.1) is 0 Å². The fourth-order valence-electron chi connectivity index (χ4n) is 1.74. The Kier molecular flexibility index (Phi) is 6.19. The summed E-state index contributed by atoms with van der Waals surface area (Å²) in [5, 5.41) is 7.43. The molecule has 0 bridgehead atoms. The average molecular weight is 272 g/mol. The van der Waals surface area contributed by atoms with Gasteiger partial charge >= 0.3 is 0 Å². The molecule has 0 saturated heterocycles. The molecular formula is C13H22ClN3O. The Hall–Kier alpha value is -1.03. The van der Waals surface area contributed by atoms with Crippen molar-refractivity contribution >= 4 is 17.5 Å². The van der Waals surface area contributed by atoms with E-state index in [4.69, 9.17) is 11.6 Å². The Balaban J connectivity index is 2.52. The van der Waals surface area contributed by atoms with E-state index in [9.17, 15) is 4.79 Å². The first-order valence-corrected chi connectivity index (χ1v) is 7.01. The van der Waals surface area contributed by atoms with Crippen LogP contribution in [0.1, 0.15) is 49.8 Å². The minimum atomic E-state index is -0.0497. The minimum absolute atomic E-state index is 0.0497. The summed E-state index contributed by atoms with van der Waals surface area (Å²) in [5.41, 5.74) is 1.60. The number of nitrogens with one attached hydrogen (secondary N) is 1. The maximum absolute atomic E-state index is 12.0. The second kappa shape index (κ2) is 7.41. The van der Waals surface area contributed by atoms with Crippen molar-refractivity contribution in [2.75, 3.05) is 6.54 Å². The van der Waals surface area contributed by atoms with E-state index in [2.05, 4.69) is 10.4 Å². The van der Waals surface area contributed by atoms with Crippen LogP contribution in [-0.4, -0.2) is 27.6 Å². The molecule has 1 N–H and O–H groups in total. The van der Waals surface area contributed by atoms with Crippen LogP contribution in [0.3, 0.4) is 0 Å². The zero-order chi connectivity index (χ0) is 13.5. The average Bonchev–Trinajstić information content (AvgIpc) is 2.77. The van der Waals surface area contributed by atoms with Gasteiger partial charge in [-0.15, -0.1) is 11.6 Å². The SMILES string of the molecule is CCc1cc(C(=O)NCCCC(C)Cl)n(CC)n1. The number of amides is 1. The molecule has 4 nitrogen and oxygen atoms in total. The summed E-state index contributed by atoms with van der Waals surface area (Å²) in [4.78, 5) is 12.0. The predicted octanol–water partition coefficient (Wildman–Crippen LogP) is 2.60. The minimum Gasteiger partial charge on any atom is -0.351 e. The van der Waals surface area contributed by atoms with Gasteiger partial charge in [0.05, 0.1) is 5.69 Å². The van der Waals surface area contributed by atoms with E-state index in [1.54, 1.807) is 4.68 Å². The summed E-state index contributed by atoms with van der Waals surface area (Å²) in [7, 11) is 0. The van der Waals surface area contributed by atoms with Crippen LogP contribution in [0.15, 0.2) is 6.07 Å². The number of hydrogen-bond donors (Lipinski definition) is 1. The Morgan fingerprint density at radius 2 is 2.28 bits per heavy atom. The molecule has 1 rings (SSSR count). The highest BCUT2D eigenvalue weighted by atomic mass is 35.5. The number of carbonyl (C=O) groups is 1. The fraction of sp³-hybridized carbons (Fsp3) is 0.692. The zero-order valence-corrected chi connectivity index (χ0v) is 12.1. The first-order valence-electron chi connectivity index (χ1n) is 6.57. The normalized spacial score (nSPS) is 12.4. The molecule has 1 aromatic rings. The molecule has 18 heavy (non-hydrogen) atoms. The quantitative estimate of drug-likeness (QED) is 0.612. The Morgan fingerprint density at radius 1 is 1.56 bits per heavy atom. The van der Waals surface area contributed by atoms with Gasteiger partial charge in [-0.2, -0.15) is 5.10 Å². The number of carbonyl (C=O) groups excluding carboxylic acids is 1. The smallest absolute Gasteiger partial charge is 0.269 e. The van der Waals surface area contributed by atoms with Gasteiger partial charge in [-0.1, -0.05) is 6.92 Å². The topological polar surface area (TPSA) is 46.9 Å². The van der Waals surface area contributed by atoms with E-state index in [-0.39, 0.29) is 11.3 Å². The van der Waals surface area contributed by atoms with Gasteiger partial charge in [-0.3, -0.25) is 9.48 Å². The van der Waals surface area contributed by atoms with E-state index < -0.39 is 0 Å². The summed E-state index contributed by atoms with van der Waals surface area (Å²) in [6.07, 6.45) is 2.66. The molecule has 102 valence electrons. The van der Waals surface area contributed by atoms with Gasteiger partial charge in [0.15, 0.2) is 0 Å². The van der Waals surface area contributed by atoms with Crippen molar-refractivity contribution in [3.8, 4) is 0 Å². The van der Waals surface area contributed by atoms with Crippen LogP contribution in [0.25, 0.3) is 0 Å². The molecule has 0 spiro atoms. The summed E-state index contributed by atoms with van der Waals surface area (Å²) >= 11 is 5.85. The third kappa shape index (κ3) is 4.33. The van der Waals surface area contributed by atoms with Gasteiger partial charge < -0.3 is 5.32 Å². The number of aromatic nitrogens is 2. The monoisotopic (exact) mass is 271 g/mol. The van der Waals surface area contributed by atoms with Crippen molar-refractivity contribution in [3.63, 3.8) is 0 Å². The van der Waals surface area contributed by atoms with Gasteiger partial charge in [0, 0.05) is 18.5 Å². The molecule has 0 aliphatic heterocycles. The molecule has 1 atom stereocenters. The molecule has 0 aliphatic rings. The standard InChI is InChI=1S/C13H22ClN3O/c1-4-11-9-12(17(5-2)16-11)13(18)15-8-6-7-10(3)14/h9-10H,4-8H2,1-3H3,(H,15,18). The molecule has 0 radical (unpaired) electrons. The highest BCUT2D eigenvalue weighted by Crippen LogP contribution is 2.06. The maximum atomic E-state index is 12.0. The Labute approximate surface area is 114 Å². The van der Waals surface area contributed by atoms with Crippen LogP contribution >= 0.6 is 11.6 Å². The molecule has 5 heteroatoms. The molecule has 1 aromatic heterocycles. The molecule has 0 saturated carbocycles. The lowest BCUT2D eigenvalue weighted by atomic mass is 10.2. The van der Waals surface area contributed by atoms with Crippen LogP contribution in [0.2, 0.25) is 0 Å². The van der Waals surface area contributed by atoms with Gasteiger partial charge in [-0.05, 0) is 39.2 Å². The first kappa shape index (κ1) is 15.0. The summed E-state index contributed by atoms with van der Waals surface area (Å²) in [6, 6.07) is 1.86. The highest BCUT2D eigenvalue weighted by molar-refractivity contribution is 6.20. The van der Waals surface area contributed by atoms with Gasteiger partial charge in [0.2, 0.25) is 0 Å². The highest BCUT2D eigenvalue weighted by Gasteiger charge is 2.13. The molecule has 1 unspecified atom stereocenters. The summed E-state index contributed by atoms with van der Waals surface area (Å²) < 4.78 is 1.75. The van der Waals surface area contributed by atoms with Crippen molar-refractivity contribution in [1.82, 2.24) is 15.1 Å². The van der Waals surface area contributed by atoms with Crippen LogP contribution in [0.5, 0.6) is 0 Å². The molecule has 0 aliphatic carbocycles. The Bertz CT molecular complexity index is 388. The number of rotatable bonds is 7. The molecule has 1 amide bonds. The Morgan fingerprint density at radius 3 is 2.83 bits per heavy atom. The molecular weight excluding hydrogens is 250 g/mol. The van der Waals surface area contributed by atoms with Crippen molar-refractivity contribution < 1.29 is 4.79 Å². The van der Waals surface area contributed by atoms with E-state index in [1.165, 1.54) is 0 Å². The molecule has 0 fully saturated rings. The number of alkyl halides is 1. The lowest BCUT2D eigenvalue weighted by Gasteiger charge is -2.07. The number of aryl methyl sites for hydroxylation is 2. The fourth-order valence-corrected chi connectivity index (χ4v) is 1.90. The summed E-state index contributed by atoms with van der Waals surface area (Å²) in [6.45, 7) is 7.35. The third-order valence-corrected chi connectivity index (χ3v) is 3.01. The molecule has 1 heterocycles. The van der Waals surface area contributed by atoms with Gasteiger partial charge in [-0.25, -0.2) is 0 Å². The third-order valence-electron chi connectivity index (χ3n) is 2.79. The van der Waals surface area contributed by atoms with Crippen LogP contribution < -0.4 is 5.32 Å². The van der Waals surface area contributed by atoms with Crippen molar-refractivity contribution in [2.24, 2.45) is 0 Å². The maximum Gasteiger partial charge on any atom is 0.269 e. The zero-order valence-electron chi connectivity index (χ0n) is 11.4. The van der Waals surface area contributed by atoms with Gasteiger partial charge in [0.1, 0.15) is 5.69 Å². The summed E-state index contributed by atoms with van der Waals surface area (Å²) in [5.74, 6) is -0.0497. The van der Waals surface area contributed by atoms with E-state index in [1.807, 2.05) is 26.8 Å². The lowest BCUT2D eigenvalue weighted by Crippen LogP contribution is -2.27. The largest absolute Gasteiger partial charge is 0.351 e. The predicted molar refractivity (Wildman–Crippen MR) is 74.2 cm³/mol. The van der Waals surface area contributed by atoms with E-state index in [0.717, 1.165) is 25.0 Å². The first-order chi connectivity index (χ1) is 8.58. The van der Waals surface area contributed by atoms with Crippen molar-refractivity contribution in [1.29, 1.82) is 0 Å². The number of nitrogens with zero attached hydrogens (tertiary/aromatic N) is 2.